The highest BCUT2D eigenvalue weighted by atomic mass is 16.7. The summed E-state index contributed by atoms with van der Waals surface area (Å²) >= 11 is 0. The van der Waals surface area contributed by atoms with Crippen molar-refractivity contribution in [2.24, 2.45) is 22.7 Å². The Labute approximate surface area is 239 Å². The summed E-state index contributed by atoms with van der Waals surface area (Å²) in [6, 6.07) is 13.4. The summed E-state index contributed by atoms with van der Waals surface area (Å²) in [5, 5.41) is 23.7. The summed E-state index contributed by atoms with van der Waals surface area (Å²) < 4.78 is 25.2. The van der Waals surface area contributed by atoms with Crippen LogP contribution in [0.4, 0.5) is 0 Å². The number of ether oxygens (including phenoxy) is 3. The van der Waals surface area contributed by atoms with E-state index in [4.69, 9.17) is 18.6 Å². The molecular formula is C33H37NO7. The molecule has 3 fully saturated rings. The Kier molecular flexibility index (Phi) is 6.04. The van der Waals surface area contributed by atoms with E-state index in [0.29, 0.717) is 24.4 Å². The van der Waals surface area contributed by atoms with Gasteiger partial charge < -0.3 is 28.8 Å². The van der Waals surface area contributed by atoms with Crippen molar-refractivity contribution < 1.29 is 28.8 Å². The maximum atomic E-state index is 13.3. The number of aliphatic hydroxyl groups is 2. The molecule has 0 amide bonds. The van der Waals surface area contributed by atoms with Crippen LogP contribution in [0.3, 0.4) is 0 Å². The van der Waals surface area contributed by atoms with E-state index in [1.807, 2.05) is 19.1 Å². The van der Waals surface area contributed by atoms with Crippen LogP contribution in [0.25, 0.3) is 11.3 Å². The molecular weight excluding hydrogens is 522 g/mol. The summed E-state index contributed by atoms with van der Waals surface area (Å²) in [6.45, 7) is 8.74. The fraction of sp³-hybridized carbons (Fsp3) is 0.515. The number of nitrogens with zero attached hydrogens (tertiary/aromatic N) is 1. The first-order chi connectivity index (χ1) is 19.5. The Balaban J connectivity index is 1.24. The van der Waals surface area contributed by atoms with Crippen LogP contribution in [0.2, 0.25) is 0 Å². The molecule has 2 aromatic heterocycles. The van der Waals surface area contributed by atoms with E-state index in [2.05, 4.69) is 37.9 Å². The molecule has 0 unspecified atom stereocenters. The van der Waals surface area contributed by atoms with E-state index in [9.17, 15) is 15.0 Å². The molecule has 3 aromatic rings. The monoisotopic (exact) mass is 559 g/mol. The van der Waals surface area contributed by atoms with Gasteiger partial charge >= 0.3 is 5.63 Å². The maximum Gasteiger partial charge on any atom is 0.345 e. The third kappa shape index (κ3) is 3.88. The standard InChI is InChI=1S/C33H37NO7/c1-18-7-9-19(10-8-18)30-38-17-32(3)23-15-24(35)33(4)28(31(23,2)12-11-25(32)40-30)27(36)26-22(41-33)14-21(39-29(26)37)20-6-5-13-34-16-20/h5-10,13-14,16,23-25,27-28,30,35-36H,11-12,15,17H2,1-4H3/t23-,24+,25+,27+,28-,30-,31+,32+,33-/m1/s1. The molecule has 4 aliphatic rings. The topological polar surface area (TPSA) is 111 Å². The summed E-state index contributed by atoms with van der Waals surface area (Å²) in [5.74, 6) is -0.0333. The quantitative estimate of drug-likeness (QED) is 0.446. The van der Waals surface area contributed by atoms with Crippen molar-refractivity contribution in [1.82, 2.24) is 4.98 Å². The van der Waals surface area contributed by atoms with E-state index in [1.54, 1.807) is 30.6 Å². The van der Waals surface area contributed by atoms with Crippen LogP contribution < -0.4 is 10.4 Å². The molecule has 4 heterocycles. The first-order valence-electron chi connectivity index (χ1n) is 14.5. The SMILES string of the molecule is Cc1ccc([C@@H]2OC[C@@]3(C)[C@@H]4C[C@H](O)[C@@]5(C)Oc6cc(-c7cccnc7)oc(=O)c6[C@H](O)[C@@H]5[C@@]4(C)CC[C@@H]3O2)cc1. The van der Waals surface area contributed by atoms with Crippen LogP contribution in [0.1, 0.15) is 69.1 Å². The van der Waals surface area contributed by atoms with Crippen molar-refractivity contribution >= 4 is 0 Å². The van der Waals surface area contributed by atoms with Gasteiger partial charge in [0.15, 0.2) is 6.29 Å². The molecule has 7 rings (SSSR count). The lowest BCUT2D eigenvalue weighted by molar-refractivity contribution is -0.330. The predicted octanol–water partition coefficient (Wildman–Crippen LogP) is 5.11. The van der Waals surface area contributed by atoms with Crippen LogP contribution in [0.15, 0.2) is 64.1 Å². The minimum absolute atomic E-state index is 0.0395. The summed E-state index contributed by atoms with van der Waals surface area (Å²) in [4.78, 5) is 17.5. The summed E-state index contributed by atoms with van der Waals surface area (Å²) in [7, 11) is 0. The van der Waals surface area contributed by atoms with Gasteiger partial charge in [0.25, 0.3) is 0 Å². The molecule has 2 aliphatic carbocycles. The molecule has 9 atom stereocenters. The van der Waals surface area contributed by atoms with Gasteiger partial charge in [0.05, 0.1) is 24.9 Å². The summed E-state index contributed by atoms with van der Waals surface area (Å²) in [5.41, 5.74) is 0.299. The number of aryl methyl sites for hydroxylation is 1. The number of hydrogen-bond donors (Lipinski definition) is 2. The molecule has 0 spiro atoms. The van der Waals surface area contributed by atoms with Crippen LogP contribution in [-0.4, -0.2) is 39.6 Å². The van der Waals surface area contributed by atoms with Gasteiger partial charge in [-0.25, -0.2) is 4.79 Å². The highest BCUT2D eigenvalue weighted by Crippen LogP contribution is 2.68. The van der Waals surface area contributed by atoms with E-state index >= 15 is 0 Å². The van der Waals surface area contributed by atoms with Crippen molar-refractivity contribution in [2.75, 3.05) is 6.61 Å². The van der Waals surface area contributed by atoms with Crippen molar-refractivity contribution in [1.29, 1.82) is 0 Å². The van der Waals surface area contributed by atoms with Crippen molar-refractivity contribution in [2.45, 2.75) is 77.2 Å². The molecule has 2 aliphatic heterocycles. The molecule has 216 valence electrons. The zero-order valence-corrected chi connectivity index (χ0v) is 23.9. The first kappa shape index (κ1) is 26.8. The molecule has 8 heteroatoms. The normalized spacial score (nSPS) is 39.5. The largest absolute Gasteiger partial charge is 0.484 e. The van der Waals surface area contributed by atoms with Crippen molar-refractivity contribution in [3.8, 4) is 17.1 Å². The molecule has 8 nitrogen and oxygen atoms in total. The molecule has 2 saturated carbocycles. The number of benzene rings is 1. The smallest absolute Gasteiger partial charge is 0.345 e. The molecule has 1 aromatic carbocycles. The highest BCUT2D eigenvalue weighted by molar-refractivity contribution is 5.59. The molecule has 1 saturated heterocycles. The molecule has 2 N–H and O–H groups in total. The first-order valence-corrected chi connectivity index (χ1v) is 14.5. The van der Waals surface area contributed by atoms with Gasteiger partial charge in [-0.2, -0.15) is 0 Å². The van der Waals surface area contributed by atoms with Crippen LogP contribution in [0.5, 0.6) is 5.75 Å². The Morgan fingerprint density at radius 1 is 1.05 bits per heavy atom. The van der Waals surface area contributed by atoms with E-state index < -0.39 is 46.5 Å². The Bertz CT molecular complexity index is 1520. The highest BCUT2D eigenvalue weighted by Gasteiger charge is 2.70. The van der Waals surface area contributed by atoms with Gasteiger partial charge in [0.2, 0.25) is 0 Å². The molecule has 0 radical (unpaired) electrons. The molecule has 0 bridgehead atoms. The number of rotatable bonds is 2. The number of hydrogen-bond acceptors (Lipinski definition) is 8. The average Bonchev–Trinajstić information content (AvgIpc) is 2.94. The van der Waals surface area contributed by atoms with Gasteiger partial charge in [-0.15, -0.1) is 0 Å². The average molecular weight is 560 g/mol. The predicted molar refractivity (Wildman–Crippen MR) is 150 cm³/mol. The number of fused-ring (bicyclic) bond motifs is 6. The minimum atomic E-state index is -1.17. The number of pyridine rings is 1. The fourth-order valence-corrected chi connectivity index (χ4v) is 8.61. The van der Waals surface area contributed by atoms with E-state index in [-0.39, 0.29) is 23.3 Å². The Hall–Kier alpha value is -3.04. The number of aliphatic hydroxyl groups excluding tert-OH is 2. The maximum absolute atomic E-state index is 13.3. The second kappa shape index (κ2) is 9.23. The van der Waals surface area contributed by atoms with E-state index in [1.165, 1.54) is 5.56 Å². The second-order valence-electron chi connectivity index (χ2n) is 13.2. The van der Waals surface area contributed by atoms with Gasteiger partial charge in [-0.3, -0.25) is 4.98 Å². The zero-order valence-electron chi connectivity index (χ0n) is 23.9. The Morgan fingerprint density at radius 2 is 1.83 bits per heavy atom. The van der Waals surface area contributed by atoms with E-state index in [0.717, 1.165) is 18.4 Å². The van der Waals surface area contributed by atoms with Crippen molar-refractivity contribution in [3.05, 3.63) is 82.0 Å². The second-order valence-corrected chi connectivity index (χ2v) is 13.2. The summed E-state index contributed by atoms with van der Waals surface area (Å²) in [6.07, 6.45) is 2.67. The van der Waals surface area contributed by atoms with Gasteiger partial charge in [-0.1, -0.05) is 43.7 Å². The third-order valence-electron chi connectivity index (χ3n) is 10.7. The van der Waals surface area contributed by atoms with Gasteiger partial charge in [0.1, 0.15) is 22.7 Å². The third-order valence-corrected chi connectivity index (χ3v) is 10.7. The lowest BCUT2D eigenvalue weighted by Gasteiger charge is -2.67. The van der Waals surface area contributed by atoms with Gasteiger partial charge in [-0.05, 0) is 56.6 Å². The fourth-order valence-electron chi connectivity index (χ4n) is 8.61. The van der Waals surface area contributed by atoms with Crippen LogP contribution in [-0.2, 0) is 9.47 Å². The lowest BCUT2D eigenvalue weighted by atomic mass is 9.42. The minimum Gasteiger partial charge on any atom is -0.484 e. The van der Waals surface area contributed by atoms with Crippen LogP contribution >= 0.6 is 0 Å². The lowest BCUT2D eigenvalue weighted by Crippen LogP contribution is -2.71. The zero-order chi connectivity index (χ0) is 28.7. The number of aromatic nitrogens is 1. The molecule has 41 heavy (non-hydrogen) atoms. The van der Waals surface area contributed by atoms with Gasteiger partial charge in [0, 0.05) is 40.9 Å². The van der Waals surface area contributed by atoms with Crippen molar-refractivity contribution in [3.63, 3.8) is 0 Å². The Morgan fingerprint density at radius 3 is 2.56 bits per heavy atom. The van der Waals surface area contributed by atoms with Crippen LogP contribution in [0, 0.1) is 29.6 Å².